The molecule has 1 atom stereocenters. The number of amides is 1. The monoisotopic (exact) mass is 373 g/mol. The summed E-state index contributed by atoms with van der Waals surface area (Å²) in [5, 5.41) is 19.2. The molecule has 1 unspecified atom stereocenters. The van der Waals surface area contributed by atoms with Gasteiger partial charge >= 0.3 is 0 Å². The smallest absolute Gasteiger partial charge is 0.254 e. The number of aliphatic hydroxyl groups is 1. The first-order valence-corrected chi connectivity index (χ1v) is 8.60. The van der Waals surface area contributed by atoms with Gasteiger partial charge in [0.15, 0.2) is 6.10 Å². The lowest BCUT2D eigenvalue weighted by Gasteiger charge is -2.19. The molecule has 0 radical (unpaired) electrons. The quantitative estimate of drug-likeness (QED) is 0.398. The highest BCUT2D eigenvalue weighted by molar-refractivity contribution is 5.94. The summed E-state index contributed by atoms with van der Waals surface area (Å²) in [6, 6.07) is 11.5. The molecule has 2 aromatic rings. The maximum Gasteiger partial charge on any atom is 0.254 e. The number of amidine groups is 1. The van der Waals surface area contributed by atoms with Crippen LogP contribution < -0.4 is 11.1 Å². The van der Waals surface area contributed by atoms with E-state index in [1.807, 2.05) is 0 Å². The van der Waals surface area contributed by atoms with Gasteiger partial charge < -0.3 is 20.9 Å². The molecule has 2 rings (SSSR count). The van der Waals surface area contributed by atoms with Crippen molar-refractivity contribution in [2.75, 3.05) is 13.7 Å². The number of rotatable bonds is 9. The van der Waals surface area contributed by atoms with Gasteiger partial charge in [0.1, 0.15) is 11.7 Å². The van der Waals surface area contributed by atoms with Gasteiger partial charge in [-0.05, 0) is 30.0 Å². The Balaban J connectivity index is 2.13. The van der Waals surface area contributed by atoms with Crippen LogP contribution in [-0.4, -0.2) is 30.6 Å². The standard InChI is InChI=1S/C20H24FN3O3/c1-27-18(17-14(5-3-11-25)4-2-6-16(17)21)20(26)24-12-13-7-9-15(10-8-13)19(22)23/h2,4,6-10,18,25H,3,5,11-12H2,1H3,(H3,22,23)(H,24,26). The second kappa shape index (κ2) is 9.80. The number of carbonyl (C=O) groups is 1. The zero-order valence-corrected chi connectivity index (χ0v) is 15.2. The average molecular weight is 373 g/mol. The molecule has 6 nitrogen and oxygen atoms in total. The third-order valence-corrected chi connectivity index (χ3v) is 4.22. The van der Waals surface area contributed by atoms with Crippen LogP contribution in [-0.2, 0) is 22.5 Å². The predicted octanol–water partition coefficient (Wildman–Crippen LogP) is 2.04. The number of nitrogens with one attached hydrogen (secondary N) is 2. The number of hydrogen-bond donors (Lipinski definition) is 4. The second-order valence-electron chi connectivity index (χ2n) is 6.08. The van der Waals surface area contributed by atoms with Gasteiger partial charge in [-0.2, -0.15) is 0 Å². The summed E-state index contributed by atoms with van der Waals surface area (Å²) in [6.45, 7) is 0.216. The lowest BCUT2D eigenvalue weighted by atomic mass is 9.97. The number of nitrogen functional groups attached to an aromatic ring is 1. The van der Waals surface area contributed by atoms with Crippen LogP contribution in [0.15, 0.2) is 42.5 Å². The number of hydrogen-bond acceptors (Lipinski definition) is 4. The van der Waals surface area contributed by atoms with E-state index in [-0.39, 0.29) is 24.6 Å². The normalized spacial score (nSPS) is 11.8. The van der Waals surface area contributed by atoms with Crippen LogP contribution in [0.1, 0.15) is 34.8 Å². The van der Waals surface area contributed by atoms with E-state index in [2.05, 4.69) is 5.32 Å². The number of aliphatic hydroxyl groups excluding tert-OH is 1. The number of carbonyl (C=O) groups excluding carboxylic acids is 1. The maximum atomic E-state index is 14.4. The average Bonchev–Trinajstić information content (AvgIpc) is 2.67. The molecule has 144 valence electrons. The van der Waals surface area contributed by atoms with Crippen molar-refractivity contribution in [1.29, 1.82) is 5.41 Å². The molecular weight excluding hydrogens is 349 g/mol. The highest BCUT2D eigenvalue weighted by Gasteiger charge is 2.26. The highest BCUT2D eigenvalue weighted by Crippen LogP contribution is 2.26. The van der Waals surface area contributed by atoms with Crippen molar-refractivity contribution >= 4 is 11.7 Å². The molecule has 2 aromatic carbocycles. The molecule has 0 aromatic heterocycles. The van der Waals surface area contributed by atoms with Gasteiger partial charge in [-0.3, -0.25) is 10.2 Å². The van der Waals surface area contributed by atoms with E-state index in [1.165, 1.54) is 13.2 Å². The Kier molecular flexibility index (Phi) is 7.45. The van der Waals surface area contributed by atoms with Crippen molar-refractivity contribution < 1.29 is 19.0 Å². The molecule has 7 heteroatoms. The fourth-order valence-electron chi connectivity index (χ4n) is 2.80. The van der Waals surface area contributed by atoms with Crippen LogP contribution in [0.25, 0.3) is 0 Å². The Bertz CT molecular complexity index is 794. The third-order valence-electron chi connectivity index (χ3n) is 4.22. The van der Waals surface area contributed by atoms with E-state index < -0.39 is 17.8 Å². The number of halogens is 1. The number of benzene rings is 2. The minimum atomic E-state index is -1.09. The fourth-order valence-corrected chi connectivity index (χ4v) is 2.80. The first-order valence-electron chi connectivity index (χ1n) is 8.60. The van der Waals surface area contributed by atoms with E-state index in [9.17, 15) is 9.18 Å². The van der Waals surface area contributed by atoms with E-state index in [0.29, 0.717) is 24.0 Å². The van der Waals surface area contributed by atoms with Crippen LogP contribution in [0.5, 0.6) is 0 Å². The molecule has 0 spiro atoms. The zero-order valence-electron chi connectivity index (χ0n) is 15.2. The van der Waals surface area contributed by atoms with Gasteiger partial charge in [0, 0.05) is 31.4 Å². The molecule has 0 saturated heterocycles. The fraction of sp³-hybridized carbons (Fsp3) is 0.300. The van der Waals surface area contributed by atoms with Gasteiger partial charge in [-0.1, -0.05) is 36.4 Å². The van der Waals surface area contributed by atoms with Crippen molar-refractivity contribution in [3.8, 4) is 0 Å². The molecule has 5 N–H and O–H groups in total. The molecule has 0 aliphatic heterocycles. The molecule has 0 saturated carbocycles. The van der Waals surface area contributed by atoms with Crippen molar-refractivity contribution in [2.45, 2.75) is 25.5 Å². The summed E-state index contributed by atoms with van der Waals surface area (Å²) in [7, 11) is 1.36. The van der Waals surface area contributed by atoms with Crippen molar-refractivity contribution in [3.63, 3.8) is 0 Å². The summed E-state index contributed by atoms with van der Waals surface area (Å²) in [6.07, 6.45) is -0.170. The molecule has 0 bridgehead atoms. The van der Waals surface area contributed by atoms with E-state index in [0.717, 1.165) is 5.56 Å². The molecule has 27 heavy (non-hydrogen) atoms. The van der Waals surface area contributed by atoms with Crippen LogP contribution in [0, 0.1) is 11.2 Å². The summed E-state index contributed by atoms with van der Waals surface area (Å²) < 4.78 is 19.7. The molecule has 1 amide bonds. The molecule has 0 fully saturated rings. The van der Waals surface area contributed by atoms with Crippen LogP contribution in [0.2, 0.25) is 0 Å². The summed E-state index contributed by atoms with van der Waals surface area (Å²) in [5.74, 6) is -0.998. The van der Waals surface area contributed by atoms with Gasteiger partial charge in [0.05, 0.1) is 0 Å². The van der Waals surface area contributed by atoms with Crippen LogP contribution in [0.4, 0.5) is 4.39 Å². The maximum absolute atomic E-state index is 14.4. The lowest BCUT2D eigenvalue weighted by Crippen LogP contribution is -2.31. The summed E-state index contributed by atoms with van der Waals surface area (Å²) in [5.41, 5.74) is 7.66. The highest BCUT2D eigenvalue weighted by atomic mass is 19.1. The van der Waals surface area contributed by atoms with E-state index in [4.69, 9.17) is 21.0 Å². The summed E-state index contributed by atoms with van der Waals surface area (Å²) in [4.78, 5) is 12.6. The first kappa shape index (κ1) is 20.5. The Morgan fingerprint density at radius 3 is 2.59 bits per heavy atom. The largest absolute Gasteiger partial charge is 0.396 e. The minimum absolute atomic E-state index is 0.0178. The van der Waals surface area contributed by atoms with Gasteiger partial charge in [-0.25, -0.2) is 4.39 Å². The van der Waals surface area contributed by atoms with Crippen LogP contribution in [0.3, 0.4) is 0 Å². The number of nitrogens with two attached hydrogens (primary N) is 1. The van der Waals surface area contributed by atoms with Gasteiger partial charge in [0.2, 0.25) is 0 Å². The van der Waals surface area contributed by atoms with E-state index in [1.54, 1.807) is 36.4 Å². The predicted molar refractivity (Wildman–Crippen MR) is 101 cm³/mol. The Labute approximate surface area is 157 Å². The number of ether oxygens (including phenoxy) is 1. The van der Waals surface area contributed by atoms with Crippen molar-refractivity contribution in [3.05, 3.63) is 70.5 Å². The molecule has 0 aliphatic carbocycles. The SMILES string of the molecule is COC(C(=O)NCc1ccc(C(=N)N)cc1)c1c(F)cccc1CCCO. The Morgan fingerprint density at radius 1 is 1.30 bits per heavy atom. The Hall–Kier alpha value is -2.77. The number of aryl methyl sites for hydroxylation is 1. The zero-order chi connectivity index (χ0) is 19.8. The van der Waals surface area contributed by atoms with Crippen molar-refractivity contribution in [2.24, 2.45) is 5.73 Å². The minimum Gasteiger partial charge on any atom is -0.396 e. The topological polar surface area (TPSA) is 108 Å². The van der Waals surface area contributed by atoms with Crippen LogP contribution >= 0.6 is 0 Å². The lowest BCUT2D eigenvalue weighted by molar-refractivity contribution is -0.131. The number of methoxy groups -OCH3 is 1. The van der Waals surface area contributed by atoms with Gasteiger partial charge in [-0.15, -0.1) is 0 Å². The van der Waals surface area contributed by atoms with Gasteiger partial charge in [0.25, 0.3) is 5.91 Å². The van der Waals surface area contributed by atoms with E-state index >= 15 is 0 Å². The Morgan fingerprint density at radius 2 is 2.00 bits per heavy atom. The van der Waals surface area contributed by atoms with Crippen molar-refractivity contribution in [1.82, 2.24) is 5.32 Å². The third kappa shape index (κ3) is 5.35. The molecule has 0 aliphatic rings. The molecule has 0 heterocycles. The second-order valence-corrected chi connectivity index (χ2v) is 6.08. The summed E-state index contributed by atoms with van der Waals surface area (Å²) >= 11 is 0. The first-order chi connectivity index (χ1) is 13.0. The molecular formula is C20H24FN3O3.